The fourth-order valence-electron chi connectivity index (χ4n) is 3.31. The minimum atomic E-state index is -1.33. The van der Waals surface area contributed by atoms with Crippen molar-refractivity contribution in [1.82, 2.24) is 0 Å². The molecule has 0 saturated heterocycles. The molecular formula is C23H25BO8. The number of ether oxygens (including phenoxy) is 2. The molecule has 1 atom stereocenters. The average molecular weight is 440 g/mol. The highest BCUT2D eigenvalue weighted by Gasteiger charge is 2.38. The average Bonchev–Trinajstić information content (AvgIpc) is 2.73. The molecular weight excluding hydrogens is 415 g/mol. The second kappa shape index (κ2) is 9.44. The number of carbonyl (C=O) groups is 3. The Labute approximate surface area is 186 Å². The van der Waals surface area contributed by atoms with Crippen LogP contribution in [0.1, 0.15) is 53.5 Å². The predicted octanol–water partition coefficient (Wildman–Crippen LogP) is 3.15. The number of aromatic hydroxyl groups is 1. The Morgan fingerprint density at radius 3 is 2.44 bits per heavy atom. The molecule has 0 unspecified atom stereocenters. The number of phenolic OH excluding ortho intramolecular Hbond substituents is 1. The third-order valence-corrected chi connectivity index (χ3v) is 5.08. The van der Waals surface area contributed by atoms with Gasteiger partial charge in [0.1, 0.15) is 17.1 Å². The van der Waals surface area contributed by atoms with Crippen LogP contribution >= 0.6 is 0 Å². The Morgan fingerprint density at radius 1 is 1.06 bits per heavy atom. The molecule has 8 nitrogen and oxygen atoms in total. The van der Waals surface area contributed by atoms with Gasteiger partial charge in [0.15, 0.2) is 5.78 Å². The summed E-state index contributed by atoms with van der Waals surface area (Å²) in [5.41, 5.74) is 0.159. The Hall–Kier alpha value is -3.33. The summed E-state index contributed by atoms with van der Waals surface area (Å²) < 4.78 is 15.6. The summed E-state index contributed by atoms with van der Waals surface area (Å²) in [6, 6.07) is 11.1. The quantitative estimate of drug-likeness (QED) is 0.304. The van der Waals surface area contributed by atoms with Gasteiger partial charge in [-0.2, -0.15) is 0 Å². The van der Waals surface area contributed by atoms with Crippen molar-refractivity contribution in [2.45, 2.75) is 39.4 Å². The summed E-state index contributed by atoms with van der Waals surface area (Å²) in [4.78, 5) is 36.8. The van der Waals surface area contributed by atoms with Crippen LogP contribution in [0.3, 0.4) is 0 Å². The maximum absolute atomic E-state index is 12.6. The van der Waals surface area contributed by atoms with Crippen LogP contribution in [0.5, 0.6) is 11.5 Å². The lowest BCUT2D eigenvalue weighted by Crippen LogP contribution is -2.36. The van der Waals surface area contributed by atoms with E-state index in [0.29, 0.717) is 5.56 Å². The zero-order valence-electron chi connectivity index (χ0n) is 18.2. The molecule has 0 spiro atoms. The van der Waals surface area contributed by atoms with Crippen LogP contribution in [-0.4, -0.2) is 41.8 Å². The molecule has 1 aliphatic rings. The normalized spacial score (nSPS) is 15.4. The molecule has 0 fully saturated rings. The molecule has 0 bridgehead atoms. The van der Waals surface area contributed by atoms with Crippen molar-refractivity contribution in [3.05, 3.63) is 59.2 Å². The second-order valence-electron chi connectivity index (χ2n) is 8.64. The smallest absolute Gasteiger partial charge is 0.526 e. The number of hydrogen-bond donors (Lipinski definition) is 2. The fraction of sp³-hybridized carbons (Fsp3) is 0.348. The van der Waals surface area contributed by atoms with Gasteiger partial charge in [-0.25, -0.2) is 4.79 Å². The summed E-state index contributed by atoms with van der Waals surface area (Å²) >= 11 is 0. The SMILES string of the molecule is CC(C)(C)C(=O)OCOC(=O)c1cccc2c1OB(O)[C@@H](CC(=O)c1ccccc1O)C2. The minimum absolute atomic E-state index is 0.0460. The summed E-state index contributed by atoms with van der Waals surface area (Å²) in [6.45, 7) is 4.50. The molecule has 168 valence electrons. The van der Waals surface area contributed by atoms with Gasteiger partial charge in [-0.15, -0.1) is 0 Å². The Kier molecular flexibility index (Phi) is 6.88. The number of para-hydroxylation sites is 2. The molecule has 0 aliphatic carbocycles. The van der Waals surface area contributed by atoms with Crippen molar-refractivity contribution in [3.8, 4) is 11.5 Å². The largest absolute Gasteiger partial charge is 0.535 e. The van der Waals surface area contributed by atoms with E-state index in [1.807, 2.05) is 0 Å². The summed E-state index contributed by atoms with van der Waals surface area (Å²) in [7, 11) is -1.33. The number of fused-ring (bicyclic) bond motifs is 1. The van der Waals surface area contributed by atoms with E-state index in [2.05, 4.69) is 0 Å². The van der Waals surface area contributed by atoms with Crippen LogP contribution in [-0.2, 0) is 20.7 Å². The Balaban J connectivity index is 1.68. The van der Waals surface area contributed by atoms with E-state index < -0.39 is 37.1 Å². The molecule has 2 N–H and O–H groups in total. The van der Waals surface area contributed by atoms with Gasteiger partial charge in [0.2, 0.25) is 6.79 Å². The van der Waals surface area contributed by atoms with Crippen LogP contribution in [0.4, 0.5) is 0 Å². The summed E-state index contributed by atoms with van der Waals surface area (Å²) in [5, 5.41) is 20.4. The molecule has 0 amide bonds. The molecule has 1 heterocycles. The lowest BCUT2D eigenvalue weighted by atomic mass is 9.64. The summed E-state index contributed by atoms with van der Waals surface area (Å²) in [6.07, 6.45) is 0.242. The van der Waals surface area contributed by atoms with Crippen molar-refractivity contribution >= 4 is 24.8 Å². The van der Waals surface area contributed by atoms with Gasteiger partial charge in [0.25, 0.3) is 0 Å². The maximum atomic E-state index is 12.6. The number of Topliss-reactive ketones (excluding diaryl/α,β-unsaturated/α-hetero) is 1. The van der Waals surface area contributed by atoms with E-state index in [9.17, 15) is 24.5 Å². The van der Waals surface area contributed by atoms with Gasteiger partial charge in [-0.3, -0.25) is 9.59 Å². The van der Waals surface area contributed by atoms with Crippen LogP contribution in [0.2, 0.25) is 5.82 Å². The second-order valence-corrected chi connectivity index (χ2v) is 8.64. The van der Waals surface area contributed by atoms with E-state index in [0.717, 1.165) is 0 Å². The van der Waals surface area contributed by atoms with Gasteiger partial charge in [0, 0.05) is 12.2 Å². The highest BCUT2D eigenvalue weighted by Crippen LogP contribution is 2.37. The highest BCUT2D eigenvalue weighted by atomic mass is 16.7. The van der Waals surface area contributed by atoms with E-state index in [1.165, 1.54) is 18.2 Å². The molecule has 0 aromatic heterocycles. The Morgan fingerprint density at radius 2 is 1.75 bits per heavy atom. The van der Waals surface area contributed by atoms with Crippen LogP contribution in [0.25, 0.3) is 0 Å². The van der Waals surface area contributed by atoms with Gasteiger partial charge in [-0.1, -0.05) is 24.3 Å². The first-order valence-electron chi connectivity index (χ1n) is 10.2. The standard InChI is InChI=1S/C23H25BO8/c1-23(2,3)22(28)31-13-30-21(27)17-9-6-7-14-11-15(24(29)32-20(14)17)12-19(26)16-8-4-5-10-18(16)25/h4-10,15,25,29H,11-13H2,1-3H3/t15-/m1/s1. The number of esters is 2. The number of benzene rings is 2. The third-order valence-electron chi connectivity index (χ3n) is 5.08. The van der Waals surface area contributed by atoms with Gasteiger partial charge >= 0.3 is 19.1 Å². The maximum Gasteiger partial charge on any atom is 0.526 e. The van der Waals surface area contributed by atoms with Crippen LogP contribution in [0, 0.1) is 5.41 Å². The van der Waals surface area contributed by atoms with Crippen molar-refractivity contribution in [2.75, 3.05) is 6.79 Å². The molecule has 0 saturated carbocycles. The molecule has 3 rings (SSSR count). The van der Waals surface area contributed by atoms with E-state index in [-0.39, 0.29) is 41.3 Å². The van der Waals surface area contributed by atoms with Crippen molar-refractivity contribution in [2.24, 2.45) is 5.41 Å². The first-order chi connectivity index (χ1) is 15.1. The number of phenols is 1. The van der Waals surface area contributed by atoms with Crippen LogP contribution in [0.15, 0.2) is 42.5 Å². The predicted molar refractivity (Wildman–Crippen MR) is 115 cm³/mol. The number of carbonyl (C=O) groups excluding carboxylic acids is 3. The minimum Gasteiger partial charge on any atom is -0.535 e. The molecule has 0 radical (unpaired) electrons. The lowest BCUT2D eigenvalue weighted by Gasteiger charge is -2.28. The number of ketones is 1. The Bertz CT molecular complexity index is 1030. The van der Waals surface area contributed by atoms with Crippen molar-refractivity contribution < 1.29 is 38.6 Å². The zero-order valence-corrected chi connectivity index (χ0v) is 18.2. The number of rotatable bonds is 6. The molecule has 32 heavy (non-hydrogen) atoms. The van der Waals surface area contributed by atoms with Crippen molar-refractivity contribution in [3.63, 3.8) is 0 Å². The molecule has 2 aromatic rings. The molecule has 1 aliphatic heterocycles. The molecule has 2 aromatic carbocycles. The van der Waals surface area contributed by atoms with Crippen LogP contribution < -0.4 is 4.65 Å². The van der Waals surface area contributed by atoms with E-state index in [1.54, 1.807) is 45.0 Å². The van der Waals surface area contributed by atoms with E-state index in [4.69, 9.17) is 14.1 Å². The fourth-order valence-corrected chi connectivity index (χ4v) is 3.31. The topological polar surface area (TPSA) is 119 Å². The van der Waals surface area contributed by atoms with Gasteiger partial charge in [-0.05, 0) is 51.0 Å². The highest BCUT2D eigenvalue weighted by molar-refractivity contribution is 6.47. The van der Waals surface area contributed by atoms with Crippen molar-refractivity contribution in [1.29, 1.82) is 0 Å². The first-order valence-corrected chi connectivity index (χ1v) is 10.2. The summed E-state index contributed by atoms with van der Waals surface area (Å²) in [5.74, 6) is -2.12. The van der Waals surface area contributed by atoms with E-state index >= 15 is 0 Å². The van der Waals surface area contributed by atoms with Gasteiger partial charge in [0.05, 0.1) is 11.0 Å². The molecule has 9 heteroatoms. The zero-order chi connectivity index (χ0) is 23.5. The number of hydrogen-bond acceptors (Lipinski definition) is 8. The third kappa shape index (κ3) is 5.29. The van der Waals surface area contributed by atoms with Gasteiger partial charge < -0.3 is 24.3 Å². The monoisotopic (exact) mass is 440 g/mol. The first kappa shape index (κ1) is 23.3. The lowest BCUT2D eigenvalue weighted by molar-refractivity contribution is -0.161.